The van der Waals surface area contributed by atoms with Gasteiger partial charge in [-0.05, 0) is 62.8 Å². The summed E-state index contributed by atoms with van der Waals surface area (Å²) in [5.41, 5.74) is 4.02. The average Bonchev–Trinajstić information content (AvgIpc) is 2.87. The molecule has 0 unspecified atom stereocenters. The lowest BCUT2D eigenvalue weighted by atomic mass is 10.0. The molecule has 1 heterocycles. The minimum atomic E-state index is -0.354. The number of ether oxygens (including phenoxy) is 1. The molecule has 1 aromatic carbocycles. The van der Waals surface area contributed by atoms with Crippen LogP contribution in [-0.2, 0) is 16.0 Å². The molecular weight excluding hydrogens is 336 g/mol. The van der Waals surface area contributed by atoms with Gasteiger partial charge in [0.2, 0.25) is 5.91 Å². The van der Waals surface area contributed by atoms with Crippen molar-refractivity contribution in [1.82, 2.24) is 4.98 Å². The third-order valence-electron chi connectivity index (χ3n) is 4.03. The van der Waals surface area contributed by atoms with E-state index >= 15 is 0 Å². The summed E-state index contributed by atoms with van der Waals surface area (Å²) >= 11 is 1.63. The molecule has 0 aliphatic heterocycles. The van der Waals surface area contributed by atoms with Crippen LogP contribution in [0.15, 0.2) is 29.2 Å². The van der Waals surface area contributed by atoms with Crippen molar-refractivity contribution in [2.45, 2.75) is 38.5 Å². The zero-order valence-corrected chi connectivity index (χ0v) is 15.9. The first-order valence-electron chi connectivity index (χ1n) is 8.25. The summed E-state index contributed by atoms with van der Waals surface area (Å²) in [4.78, 5) is 28.4. The standard InChI is InChI=1S/C19H24N2O3S/c1-5-24-19(23)18-12(2)16(13(3)20-18)9-10-17(22)21-14-7-6-8-15(11-14)25-4/h6-8,11,20H,5,9-10H2,1-4H3,(H,21,22). The lowest BCUT2D eigenvalue weighted by molar-refractivity contribution is -0.116. The SMILES string of the molecule is CCOC(=O)c1[nH]c(C)c(CCC(=O)Nc2cccc(SC)c2)c1C. The molecule has 0 atom stereocenters. The van der Waals surface area contributed by atoms with E-state index in [2.05, 4.69) is 10.3 Å². The molecule has 1 aromatic heterocycles. The normalized spacial score (nSPS) is 10.6. The molecule has 0 bridgehead atoms. The number of H-pyrrole nitrogens is 1. The van der Waals surface area contributed by atoms with Crippen LogP contribution < -0.4 is 5.32 Å². The van der Waals surface area contributed by atoms with E-state index in [1.807, 2.05) is 44.4 Å². The Morgan fingerprint density at radius 2 is 2.04 bits per heavy atom. The van der Waals surface area contributed by atoms with E-state index in [0.717, 1.165) is 27.4 Å². The number of aromatic nitrogens is 1. The Kier molecular flexibility index (Phi) is 6.70. The number of carbonyl (C=O) groups excluding carboxylic acids is 2. The third-order valence-corrected chi connectivity index (χ3v) is 4.75. The van der Waals surface area contributed by atoms with Crippen LogP contribution in [0.25, 0.3) is 0 Å². The quantitative estimate of drug-likeness (QED) is 0.576. The third kappa shape index (κ3) is 4.89. The van der Waals surface area contributed by atoms with Gasteiger partial charge in [-0.15, -0.1) is 11.8 Å². The van der Waals surface area contributed by atoms with Gasteiger partial charge in [0.1, 0.15) is 5.69 Å². The summed E-state index contributed by atoms with van der Waals surface area (Å²) in [6, 6.07) is 7.76. The van der Waals surface area contributed by atoms with Gasteiger partial charge >= 0.3 is 5.97 Å². The van der Waals surface area contributed by atoms with Gasteiger partial charge in [-0.25, -0.2) is 4.79 Å². The van der Waals surface area contributed by atoms with Gasteiger partial charge in [0.15, 0.2) is 0 Å². The molecule has 6 heteroatoms. The Hall–Kier alpha value is -2.21. The maximum absolute atomic E-state index is 12.2. The van der Waals surface area contributed by atoms with Crippen molar-refractivity contribution in [3.8, 4) is 0 Å². The summed E-state index contributed by atoms with van der Waals surface area (Å²) in [7, 11) is 0. The highest BCUT2D eigenvalue weighted by Gasteiger charge is 2.18. The number of aromatic amines is 1. The van der Waals surface area contributed by atoms with Crippen LogP contribution in [0.3, 0.4) is 0 Å². The van der Waals surface area contributed by atoms with Gasteiger partial charge in [-0.3, -0.25) is 4.79 Å². The molecular formula is C19H24N2O3S. The number of benzene rings is 1. The summed E-state index contributed by atoms with van der Waals surface area (Å²) in [6.45, 7) is 5.90. The Morgan fingerprint density at radius 3 is 2.72 bits per heavy atom. The molecule has 0 spiro atoms. The van der Waals surface area contributed by atoms with Gasteiger partial charge in [0.25, 0.3) is 0 Å². The fourth-order valence-corrected chi connectivity index (χ4v) is 3.19. The van der Waals surface area contributed by atoms with Crippen LogP contribution in [-0.4, -0.2) is 29.7 Å². The van der Waals surface area contributed by atoms with Crippen LogP contribution in [0.2, 0.25) is 0 Å². The molecule has 134 valence electrons. The van der Waals surface area contributed by atoms with E-state index in [-0.39, 0.29) is 11.9 Å². The number of anilines is 1. The topological polar surface area (TPSA) is 71.2 Å². The highest BCUT2D eigenvalue weighted by Crippen LogP contribution is 2.22. The second kappa shape index (κ2) is 8.76. The molecule has 2 N–H and O–H groups in total. The molecule has 2 aromatic rings. The number of amides is 1. The Morgan fingerprint density at radius 1 is 1.28 bits per heavy atom. The van der Waals surface area contributed by atoms with E-state index in [1.165, 1.54) is 0 Å². The maximum atomic E-state index is 12.2. The molecule has 0 saturated heterocycles. The van der Waals surface area contributed by atoms with Crippen LogP contribution in [0.1, 0.15) is 40.7 Å². The van der Waals surface area contributed by atoms with Gasteiger partial charge < -0.3 is 15.0 Å². The summed E-state index contributed by atoms with van der Waals surface area (Å²) in [5.74, 6) is -0.399. The molecule has 2 rings (SSSR count). The van der Waals surface area contributed by atoms with Crippen LogP contribution in [0, 0.1) is 13.8 Å². The van der Waals surface area contributed by atoms with Crippen molar-refractivity contribution < 1.29 is 14.3 Å². The van der Waals surface area contributed by atoms with E-state index in [9.17, 15) is 9.59 Å². The van der Waals surface area contributed by atoms with E-state index in [0.29, 0.717) is 25.1 Å². The molecule has 0 saturated carbocycles. The number of thioether (sulfide) groups is 1. The molecule has 1 amide bonds. The first-order valence-corrected chi connectivity index (χ1v) is 9.47. The van der Waals surface area contributed by atoms with E-state index in [1.54, 1.807) is 18.7 Å². The predicted molar refractivity (Wildman–Crippen MR) is 101 cm³/mol. The lowest BCUT2D eigenvalue weighted by Crippen LogP contribution is -2.12. The Labute approximate surface area is 152 Å². The van der Waals surface area contributed by atoms with Crippen molar-refractivity contribution in [2.24, 2.45) is 0 Å². The largest absolute Gasteiger partial charge is 0.461 e. The molecule has 5 nitrogen and oxygen atoms in total. The second-order valence-electron chi connectivity index (χ2n) is 5.73. The summed E-state index contributed by atoms with van der Waals surface area (Å²) < 4.78 is 5.05. The fourth-order valence-electron chi connectivity index (χ4n) is 2.73. The molecule has 0 aliphatic carbocycles. The Balaban J connectivity index is 2.01. The van der Waals surface area contributed by atoms with Crippen molar-refractivity contribution in [2.75, 3.05) is 18.2 Å². The zero-order chi connectivity index (χ0) is 18.4. The molecule has 0 radical (unpaired) electrons. The number of hydrogen-bond donors (Lipinski definition) is 2. The first kappa shape index (κ1) is 19.1. The van der Waals surface area contributed by atoms with E-state index in [4.69, 9.17) is 4.74 Å². The van der Waals surface area contributed by atoms with Crippen LogP contribution >= 0.6 is 11.8 Å². The predicted octanol–water partition coefficient (Wildman–Crippen LogP) is 4.10. The Bertz CT molecular complexity index is 768. The van der Waals surface area contributed by atoms with Gasteiger partial charge in [0.05, 0.1) is 6.61 Å². The second-order valence-corrected chi connectivity index (χ2v) is 6.61. The minimum Gasteiger partial charge on any atom is -0.461 e. The average molecular weight is 360 g/mol. The van der Waals surface area contributed by atoms with Gasteiger partial charge in [-0.1, -0.05) is 6.07 Å². The maximum Gasteiger partial charge on any atom is 0.355 e. The minimum absolute atomic E-state index is 0.0454. The van der Waals surface area contributed by atoms with Crippen molar-refractivity contribution >= 4 is 29.3 Å². The highest BCUT2D eigenvalue weighted by atomic mass is 32.2. The van der Waals surface area contributed by atoms with Crippen molar-refractivity contribution in [3.05, 3.63) is 46.8 Å². The van der Waals surface area contributed by atoms with Crippen molar-refractivity contribution in [1.29, 1.82) is 0 Å². The van der Waals surface area contributed by atoms with Crippen molar-refractivity contribution in [3.63, 3.8) is 0 Å². The van der Waals surface area contributed by atoms with Crippen LogP contribution in [0.5, 0.6) is 0 Å². The number of nitrogens with one attached hydrogen (secondary N) is 2. The van der Waals surface area contributed by atoms with Gasteiger partial charge in [0, 0.05) is 22.7 Å². The number of rotatable bonds is 7. The smallest absolute Gasteiger partial charge is 0.355 e. The van der Waals surface area contributed by atoms with E-state index < -0.39 is 0 Å². The fraction of sp³-hybridized carbons (Fsp3) is 0.368. The monoisotopic (exact) mass is 360 g/mol. The molecule has 0 aliphatic rings. The highest BCUT2D eigenvalue weighted by molar-refractivity contribution is 7.98. The zero-order valence-electron chi connectivity index (χ0n) is 15.1. The number of esters is 1. The summed E-state index contributed by atoms with van der Waals surface area (Å²) in [6.07, 6.45) is 2.92. The molecule has 0 fully saturated rings. The van der Waals surface area contributed by atoms with Gasteiger partial charge in [-0.2, -0.15) is 0 Å². The summed E-state index contributed by atoms with van der Waals surface area (Å²) in [5, 5.41) is 2.92. The van der Waals surface area contributed by atoms with Crippen LogP contribution in [0.4, 0.5) is 5.69 Å². The number of hydrogen-bond acceptors (Lipinski definition) is 4. The molecule has 25 heavy (non-hydrogen) atoms. The first-order chi connectivity index (χ1) is 12.0. The number of carbonyl (C=O) groups is 2. The lowest BCUT2D eigenvalue weighted by Gasteiger charge is -2.07. The number of aryl methyl sites for hydroxylation is 1.